The summed E-state index contributed by atoms with van der Waals surface area (Å²) in [5.74, 6) is 0.473. The van der Waals surface area contributed by atoms with E-state index in [9.17, 15) is 9.59 Å². The molecule has 1 heterocycles. The van der Waals surface area contributed by atoms with Gasteiger partial charge in [-0.2, -0.15) is 0 Å². The molecule has 108 valence electrons. The molecule has 0 bridgehead atoms. The molecule has 6 nitrogen and oxygen atoms in total. The van der Waals surface area contributed by atoms with Crippen LogP contribution in [0.25, 0.3) is 0 Å². The van der Waals surface area contributed by atoms with Crippen molar-refractivity contribution in [1.82, 2.24) is 10.6 Å². The molecule has 1 aromatic rings. The van der Waals surface area contributed by atoms with Gasteiger partial charge in [0.15, 0.2) is 0 Å². The van der Waals surface area contributed by atoms with Crippen LogP contribution in [0.4, 0.5) is 10.5 Å². The zero-order chi connectivity index (χ0) is 14.5. The molecule has 1 aliphatic heterocycles. The van der Waals surface area contributed by atoms with E-state index in [1.54, 1.807) is 0 Å². The maximum atomic E-state index is 12.0. The van der Waals surface area contributed by atoms with E-state index in [0.29, 0.717) is 12.5 Å². The second-order valence-electron chi connectivity index (χ2n) is 5.11. The van der Waals surface area contributed by atoms with Gasteiger partial charge in [-0.15, -0.1) is 0 Å². The summed E-state index contributed by atoms with van der Waals surface area (Å²) in [5.41, 5.74) is 6.69. The maximum Gasteiger partial charge on any atom is 0.312 e. The van der Waals surface area contributed by atoms with Gasteiger partial charge in [0.25, 0.3) is 0 Å². The number of benzene rings is 1. The average Bonchev–Trinajstić information content (AvgIpc) is 2.35. The first-order valence-electron chi connectivity index (χ1n) is 6.70. The van der Waals surface area contributed by atoms with Crippen LogP contribution in [-0.4, -0.2) is 25.0 Å². The van der Waals surface area contributed by atoms with E-state index in [2.05, 4.69) is 16.0 Å². The van der Waals surface area contributed by atoms with Crippen molar-refractivity contribution in [2.45, 2.75) is 13.5 Å². The van der Waals surface area contributed by atoms with Crippen molar-refractivity contribution in [2.75, 3.05) is 18.4 Å². The van der Waals surface area contributed by atoms with E-state index in [0.717, 1.165) is 24.3 Å². The summed E-state index contributed by atoms with van der Waals surface area (Å²) in [5, 5.41) is 8.59. The van der Waals surface area contributed by atoms with Gasteiger partial charge in [-0.1, -0.05) is 19.1 Å². The largest absolute Gasteiger partial charge is 0.352 e. The number of hydrogen-bond donors (Lipinski definition) is 4. The molecule has 6 heteroatoms. The van der Waals surface area contributed by atoms with Crippen LogP contribution in [-0.2, 0) is 11.3 Å². The van der Waals surface area contributed by atoms with E-state index >= 15 is 0 Å². The summed E-state index contributed by atoms with van der Waals surface area (Å²) >= 11 is 0. The van der Waals surface area contributed by atoms with E-state index in [1.807, 2.05) is 31.2 Å². The minimum absolute atomic E-state index is 0.00690. The van der Waals surface area contributed by atoms with Crippen LogP contribution in [0.3, 0.4) is 0 Å². The van der Waals surface area contributed by atoms with Crippen LogP contribution in [0.2, 0.25) is 0 Å². The van der Waals surface area contributed by atoms with Gasteiger partial charge in [0, 0.05) is 18.2 Å². The highest BCUT2D eigenvalue weighted by atomic mass is 16.2. The molecular formula is C14H20N4O2. The van der Waals surface area contributed by atoms with Crippen LogP contribution in [0.1, 0.15) is 12.5 Å². The molecule has 0 aliphatic carbocycles. The van der Waals surface area contributed by atoms with Crippen molar-refractivity contribution in [3.05, 3.63) is 29.8 Å². The van der Waals surface area contributed by atoms with Crippen LogP contribution in [0, 0.1) is 11.8 Å². The Hall–Kier alpha value is -2.08. The minimum atomic E-state index is -0.551. The molecule has 2 rings (SSSR count). The SMILES string of the molecule is CC(C(=O)Nc1ccc(CNC(N)=O)cc1)C1CNC1. The number of hydrogen-bond acceptors (Lipinski definition) is 3. The smallest absolute Gasteiger partial charge is 0.312 e. The first kappa shape index (κ1) is 14.3. The number of nitrogens with two attached hydrogens (primary N) is 1. The van der Waals surface area contributed by atoms with Crippen LogP contribution in [0.5, 0.6) is 0 Å². The molecule has 1 unspecified atom stereocenters. The molecule has 0 aromatic heterocycles. The first-order valence-corrected chi connectivity index (χ1v) is 6.70. The van der Waals surface area contributed by atoms with E-state index < -0.39 is 6.03 Å². The van der Waals surface area contributed by atoms with Gasteiger partial charge in [-0.3, -0.25) is 4.79 Å². The lowest BCUT2D eigenvalue weighted by atomic mass is 9.88. The van der Waals surface area contributed by atoms with Gasteiger partial charge < -0.3 is 21.7 Å². The van der Waals surface area contributed by atoms with E-state index in [4.69, 9.17) is 5.73 Å². The average molecular weight is 276 g/mol. The van der Waals surface area contributed by atoms with Gasteiger partial charge in [-0.05, 0) is 36.7 Å². The molecule has 3 amide bonds. The third-order valence-corrected chi connectivity index (χ3v) is 3.62. The molecule has 20 heavy (non-hydrogen) atoms. The van der Waals surface area contributed by atoms with Crippen molar-refractivity contribution >= 4 is 17.6 Å². The minimum Gasteiger partial charge on any atom is -0.352 e. The normalized spacial score (nSPS) is 16.1. The van der Waals surface area contributed by atoms with E-state index in [1.165, 1.54) is 0 Å². The summed E-state index contributed by atoms with van der Waals surface area (Å²) in [6, 6.07) is 6.79. The summed E-state index contributed by atoms with van der Waals surface area (Å²) in [6.07, 6.45) is 0. The van der Waals surface area contributed by atoms with Gasteiger partial charge in [-0.25, -0.2) is 4.79 Å². The Bertz CT molecular complexity index is 482. The van der Waals surface area contributed by atoms with Crippen molar-refractivity contribution < 1.29 is 9.59 Å². The Morgan fingerprint density at radius 2 is 2.00 bits per heavy atom. The number of rotatable bonds is 5. The van der Waals surface area contributed by atoms with Crippen molar-refractivity contribution in [3.8, 4) is 0 Å². The Balaban J connectivity index is 1.86. The molecule has 1 fully saturated rings. The fourth-order valence-electron chi connectivity index (χ4n) is 2.03. The number of primary amides is 1. The third kappa shape index (κ3) is 3.71. The maximum absolute atomic E-state index is 12.0. The fourth-order valence-corrected chi connectivity index (χ4v) is 2.03. The quantitative estimate of drug-likeness (QED) is 0.635. The molecule has 0 radical (unpaired) electrons. The van der Waals surface area contributed by atoms with Gasteiger partial charge in [0.1, 0.15) is 0 Å². The summed E-state index contributed by atoms with van der Waals surface area (Å²) < 4.78 is 0. The second kappa shape index (κ2) is 6.38. The predicted octanol–water partition coefficient (Wildman–Crippen LogP) is 0.649. The number of anilines is 1. The molecule has 5 N–H and O–H groups in total. The highest BCUT2D eigenvalue weighted by Gasteiger charge is 2.28. The number of carbonyl (C=O) groups excluding carboxylic acids is 2. The lowest BCUT2D eigenvalue weighted by Gasteiger charge is -2.31. The Kier molecular flexibility index (Phi) is 4.57. The van der Waals surface area contributed by atoms with Crippen molar-refractivity contribution in [1.29, 1.82) is 0 Å². The monoisotopic (exact) mass is 276 g/mol. The zero-order valence-electron chi connectivity index (χ0n) is 11.5. The van der Waals surface area contributed by atoms with Gasteiger partial charge in [0.2, 0.25) is 5.91 Å². The lowest BCUT2D eigenvalue weighted by Crippen LogP contribution is -2.48. The van der Waals surface area contributed by atoms with E-state index in [-0.39, 0.29) is 11.8 Å². The van der Waals surface area contributed by atoms with Crippen LogP contribution < -0.4 is 21.7 Å². The molecule has 1 saturated heterocycles. The number of nitrogens with one attached hydrogen (secondary N) is 3. The molecule has 1 atom stereocenters. The van der Waals surface area contributed by atoms with Crippen molar-refractivity contribution in [2.24, 2.45) is 17.6 Å². The fraction of sp³-hybridized carbons (Fsp3) is 0.429. The Morgan fingerprint density at radius 3 is 2.50 bits per heavy atom. The standard InChI is InChI=1S/C14H20N4O2/c1-9(11-7-16-8-11)13(19)18-12-4-2-10(3-5-12)6-17-14(15)20/h2-5,9,11,16H,6-8H2,1H3,(H,18,19)(H3,15,17,20). The van der Waals surface area contributed by atoms with Gasteiger partial charge in [0.05, 0.1) is 0 Å². The van der Waals surface area contributed by atoms with Crippen LogP contribution >= 0.6 is 0 Å². The number of amides is 3. The molecule has 1 aromatic carbocycles. The topological polar surface area (TPSA) is 96.2 Å². The summed E-state index contributed by atoms with van der Waals surface area (Å²) in [4.78, 5) is 22.6. The summed E-state index contributed by atoms with van der Waals surface area (Å²) in [7, 11) is 0. The predicted molar refractivity (Wildman–Crippen MR) is 77.0 cm³/mol. The van der Waals surface area contributed by atoms with Gasteiger partial charge >= 0.3 is 6.03 Å². The third-order valence-electron chi connectivity index (χ3n) is 3.62. The highest BCUT2D eigenvalue weighted by Crippen LogP contribution is 2.18. The first-order chi connectivity index (χ1) is 9.56. The number of carbonyl (C=O) groups is 2. The summed E-state index contributed by atoms with van der Waals surface area (Å²) in [6.45, 7) is 4.15. The molecule has 1 aliphatic rings. The molecular weight excluding hydrogens is 256 g/mol. The Morgan fingerprint density at radius 1 is 1.35 bits per heavy atom. The number of urea groups is 1. The second-order valence-corrected chi connectivity index (χ2v) is 5.11. The Labute approximate surface area is 118 Å². The highest BCUT2D eigenvalue weighted by molar-refractivity contribution is 5.92. The lowest BCUT2D eigenvalue weighted by molar-refractivity contribution is -0.121. The zero-order valence-corrected chi connectivity index (χ0v) is 11.5. The van der Waals surface area contributed by atoms with Crippen LogP contribution in [0.15, 0.2) is 24.3 Å². The molecule has 0 spiro atoms. The molecule has 0 saturated carbocycles. The van der Waals surface area contributed by atoms with Crippen molar-refractivity contribution in [3.63, 3.8) is 0 Å².